The van der Waals surface area contributed by atoms with E-state index in [2.05, 4.69) is 17.1 Å². The molecule has 2 heterocycles. The molecule has 30 heavy (non-hydrogen) atoms. The minimum atomic E-state index is -0.197. The average Bonchev–Trinajstić information content (AvgIpc) is 2.76. The molecule has 5 nitrogen and oxygen atoms in total. The Balaban J connectivity index is 1.68. The normalized spacial score (nSPS) is 14.5. The van der Waals surface area contributed by atoms with Crippen LogP contribution in [0.25, 0.3) is 0 Å². The maximum atomic E-state index is 9.95. The van der Waals surface area contributed by atoms with Gasteiger partial charge in [-0.25, -0.2) is 4.57 Å². The fraction of sp³-hybridized carbons (Fsp3) is 0.0833. The third kappa shape index (κ3) is 3.23. The van der Waals surface area contributed by atoms with Crippen molar-refractivity contribution in [3.63, 3.8) is 0 Å². The fourth-order valence-corrected chi connectivity index (χ4v) is 4.01. The van der Waals surface area contributed by atoms with Crippen molar-refractivity contribution in [2.75, 3.05) is 5.73 Å². The Morgan fingerprint density at radius 2 is 1.80 bits per heavy atom. The highest BCUT2D eigenvalue weighted by Gasteiger charge is 2.36. The smallest absolute Gasteiger partial charge is 0.306 e. The summed E-state index contributed by atoms with van der Waals surface area (Å²) in [4.78, 5) is 4.55. The molecular weight excluding hydrogens is 398 g/mol. The number of aromatic hydroxyl groups is 1. The van der Waals surface area contributed by atoms with E-state index in [-0.39, 0.29) is 11.7 Å². The number of phenolic OH excluding ortho intramolecular Hbond substituents is 1. The molecule has 0 aliphatic carbocycles. The lowest BCUT2D eigenvalue weighted by molar-refractivity contribution is -0.677. The van der Waals surface area contributed by atoms with Crippen molar-refractivity contribution < 1.29 is 14.4 Å². The van der Waals surface area contributed by atoms with Crippen LogP contribution in [0, 0.1) is 0 Å². The largest absolute Gasteiger partial charge is 0.508 e. The summed E-state index contributed by atoms with van der Waals surface area (Å²) in [6.07, 6.45) is 1.69. The molecule has 0 saturated heterocycles. The van der Waals surface area contributed by atoms with Crippen molar-refractivity contribution in [1.29, 1.82) is 0 Å². The van der Waals surface area contributed by atoms with Crippen LogP contribution in [0.3, 0.4) is 0 Å². The molecule has 0 amide bonds. The minimum absolute atomic E-state index is 0.134. The molecule has 5 rings (SSSR count). The van der Waals surface area contributed by atoms with Crippen LogP contribution in [0.4, 0.5) is 5.82 Å². The van der Waals surface area contributed by atoms with Gasteiger partial charge < -0.3 is 15.6 Å². The topological polar surface area (TPSA) is 72.2 Å². The number of phenols is 1. The molecule has 6 heteroatoms. The maximum absolute atomic E-state index is 9.95. The number of fused-ring (bicyclic) bond motifs is 2. The molecule has 0 fully saturated rings. The van der Waals surface area contributed by atoms with Gasteiger partial charge in [0.05, 0.1) is 12.5 Å². The first-order valence-electron chi connectivity index (χ1n) is 9.58. The van der Waals surface area contributed by atoms with Gasteiger partial charge in [-0.1, -0.05) is 65.1 Å². The highest BCUT2D eigenvalue weighted by Crippen LogP contribution is 2.48. The number of hydrogen-bond donors (Lipinski definition) is 2. The van der Waals surface area contributed by atoms with Gasteiger partial charge in [0.1, 0.15) is 17.1 Å². The lowest BCUT2D eigenvalue weighted by atomic mass is 9.83. The first-order valence-corrected chi connectivity index (χ1v) is 9.96. The zero-order chi connectivity index (χ0) is 20.7. The van der Waals surface area contributed by atoms with E-state index in [9.17, 15) is 5.11 Å². The Morgan fingerprint density at radius 1 is 1.03 bits per heavy atom. The zero-order valence-corrected chi connectivity index (χ0v) is 16.8. The molecule has 0 saturated carbocycles. The Hall–Kier alpha value is -3.57. The average molecular weight is 417 g/mol. The van der Waals surface area contributed by atoms with Crippen molar-refractivity contribution in [2.45, 2.75) is 12.5 Å². The summed E-state index contributed by atoms with van der Waals surface area (Å²) in [7, 11) is 0. The van der Waals surface area contributed by atoms with E-state index in [1.165, 1.54) is 0 Å². The minimum Gasteiger partial charge on any atom is -0.508 e. The SMILES string of the molecule is Nc1c2c(nc[n+]1Cc1ccccc1)Oc1cc(O)ccc1[C@@H]2c1ccc(Cl)cc1. The van der Waals surface area contributed by atoms with Gasteiger partial charge in [-0.2, -0.15) is 0 Å². The van der Waals surface area contributed by atoms with Gasteiger partial charge in [0.25, 0.3) is 0 Å². The standard InChI is InChI=1S/C24H18ClN3O2/c25-17-8-6-16(7-9-17)21-19-11-10-18(29)12-20(19)30-24-22(21)23(26)28(14-27-24)13-15-4-2-1-3-5-15/h1-12,14,21,26,29H,13H2/p+1/t21-/m0/s1. The summed E-state index contributed by atoms with van der Waals surface area (Å²) >= 11 is 6.12. The number of hydrogen-bond acceptors (Lipinski definition) is 4. The van der Waals surface area contributed by atoms with E-state index in [4.69, 9.17) is 22.1 Å². The number of nitrogens with two attached hydrogens (primary N) is 1. The number of halogens is 1. The third-order valence-corrected chi connectivity index (χ3v) is 5.58. The number of nitrogen functional groups attached to an aromatic ring is 1. The lowest BCUT2D eigenvalue weighted by Gasteiger charge is -2.27. The molecule has 148 valence electrons. The number of benzene rings is 3. The van der Waals surface area contributed by atoms with Crippen molar-refractivity contribution >= 4 is 17.4 Å². The number of anilines is 1. The van der Waals surface area contributed by atoms with E-state index in [0.717, 1.165) is 22.3 Å². The van der Waals surface area contributed by atoms with Gasteiger partial charge in [0.15, 0.2) is 0 Å². The summed E-state index contributed by atoms with van der Waals surface area (Å²) in [5, 5.41) is 10.6. The second-order valence-corrected chi connectivity index (χ2v) is 7.71. The quantitative estimate of drug-likeness (QED) is 0.420. The second kappa shape index (κ2) is 7.35. The van der Waals surface area contributed by atoms with Gasteiger partial charge in [0.2, 0.25) is 12.1 Å². The highest BCUT2D eigenvalue weighted by atomic mass is 35.5. The van der Waals surface area contributed by atoms with E-state index in [0.29, 0.717) is 29.0 Å². The monoisotopic (exact) mass is 416 g/mol. The van der Waals surface area contributed by atoms with Crippen molar-refractivity contribution in [3.05, 3.63) is 106 Å². The Morgan fingerprint density at radius 3 is 2.57 bits per heavy atom. The number of nitrogens with zero attached hydrogens (tertiary/aromatic N) is 2. The molecule has 1 atom stereocenters. The molecule has 1 aliphatic rings. The molecule has 1 aromatic heterocycles. The molecule has 0 radical (unpaired) electrons. The summed E-state index contributed by atoms with van der Waals surface area (Å²) in [6.45, 7) is 0.600. The van der Waals surface area contributed by atoms with Gasteiger partial charge in [0, 0.05) is 16.7 Å². The molecule has 0 bridgehead atoms. The molecule has 0 spiro atoms. The number of aromatic nitrogens is 2. The predicted octanol–water partition coefficient (Wildman–Crippen LogP) is 4.64. The van der Waals surface area contributed by atoms with Crippen LogP contribution < -0.4 is 15.0 Å². The molecule has 3 N–H and O–H groups in total. The summed E-state index contributed by atoms with van der Waals surface area (Å²) < 4.78 is 7.95. The van der Waals surface area contributed by atoms with Gasteiger partial charge in [-0.15, -0.1) is 0 Å². The van der Waals surface area contributed by atoms with E-state index in [1.807, 2.05) is 53.1 Å². The van der Waals surface area contributed by atoms with Crippen LogP contribution in [0.2, 0.25) is 5.02 Å². The Bertz CT molecular complexity index is 1230. The molecule has 1 aliphatic heterocycles. The molecular formula is C24H19ClN3O2+. The van der Waals surface area contributed by atoms with Crippen molar-refractivity contribution in [3.8, 4) is 17.4 Å². The molecule has 4 aromatic rings. The van der Waals surface area contributed by atoms with E-state index in [1.54, 1.807) is 18.5 Å². The lowest BCUT2D eigenvalue weighted by Crippen LogP contribution is -2.40. The maximum Gasteiger partial charge on any atom is 0.306 e. The zero-order valence-electron chi connectivity index (χ0n) is 16.0. The summed E-state index contributed by atoms with van der Waals surface area (Å²) in [6, 6.07) is 22.9. The van der Waals surface area contributed by atoms with Gasteiger partial charge >= 0.3 is 5.88 Å². The van der Waals surface area contributed by atoms with E-state index >= 15 is 0 Å². The van der Waals surface area contributed by atoms with Crippen molar-refractivity contribution in [1.82, 2.24) is 4.98 Å². The van der Waals surface area contributed by atoms with Crippen LogP contribution in [-0.4, -0.2) is 10.1 Å². The van der Waals surface area contributed by atoms with Crippen LogP contribution in [-0.2, 0) is 6.54 Å². The first kappa shape index (κ1) is 18.5. The fourth-order valence-electron chi connectivity index (χ4n) is 3.89. The van der Waals surface area contributed by atoms with Crippen LogP contribution >= 0.6 is 11.6 Å². The molecule has 0 unspecified atom stereocenters. The van der Waals surface area contributed by atoms with Crippen LogP contribution in [0.5, 0.6) is 17.4 Å². The van der Waals surface area contributed by atoms with Gasteiger partial charge in [-0.05, 0) is 29.3 Å². The Kier molecular flexibility index (Phi) is 4.52. The highest BCUT2D eigenvalue weighted by molar-refractivity contribution is 6.30. The summed E-state index contributed by atoms with van der Waals surface area (Å²) in [5.74, 6) is 1.53. The van der Waals surface area contributed by atoms with E-state index < -0.39 is 0 Å². The number of ether oxygens (including phenoxy) is 1. The predicted molar refractivity (Wildman–Crippen MR) is 115 cm³/mol. The van der Waals surface area contributed by atoms with Gasteiger partial charge in [-0.3, -0.25) is 0 Å². The molecule has 3 aromatic carbocycles. The third-order valence-electron chi connectivity index (χ3n) is 5.33. The van der Waals surface area contributed by atoms with Crippen LogP contribution in [0.1, 0.15) is 28.2 Å². The van der Waals surface area contributed by atoms with Crippen molar-refractivity contribution in [2.24, 2.45) is 0 Å². The van der Waals surface area contributed by atoms with Crippen LogP contribution in [0.15, 0.2) is 79.1 Å². The Labute approximate surface area is 179 Å². The number of rotatable bonds is 3. The second-order valence-electron chi connectivity index (χ2n) is 7.27. The summed E-state index contributed by atoms with van der Waals surface area (Å²) in [5.41, 5.74) is 10.5. The first-order chi connectivity index (χ1) is 14.6.